The van der Waals surface area contributed by atoms with Gasteiger partial charge in [-0.05, 0) is 12.8 Å². The van der Waals surface area contributed by atoms with E-state index >= 15 is 0 Å². The summed E-state index contributed by atoms with van der Waals surface area (Å²) in [6, 6.07) is 0. The predicted octanol–water partition coefficient (Wildman–Crippen LogP) is 1.37. The number of hydrogen-bond acceptors (Lipinski definition) is 5. The molecular formula is C14H17N7. The molecule has 0 aromatic carbocycles. The van der Waals surface area contributed by atoms with Gasteiger partial charge in [-0.25, -0.2) is 9.97 Å². The van der Waals surface area contributed by atoms with Crippen LogP contribution in [0.4, 0.5) is 5.82 Å². The molecule has 108 valence electrons. The highest BCUT2D eigenvalue weighted by Gasteiger charge is 2.29. The standard InChI is InChI=1S/C14H17N7/c1-19-7-5-15-11(19)9-20(2)13-14-18-17-12(10-3-4-10)21(14)8-6-16-13/h5-8,10H,3-4,9H2,1-2H3. The SMILES string of the molecule is CN(Cc1nccn1C)c1nccn2c(C3CC3)nnc12. The van der Waals surface area contributed by atoms with Gasteiger partial charge in [-0.15, -0.1) is 10.2 Å². The Morgan fingerprint density at radius 1 is 1.19 bits per heavy atom. The molecule has 0 aliphatic heterocycles. The van der Waals surface area contributed by atoms with E-state index < -0.39 is 0 Å². The molecule has 3 aromatic rings. The van der Waals surface area contributed by atoms with Crippen LogP contribution in [0.25, 0.3) is 5.65 Å². The van der Waals surface area contributed by atoms with Crippen molar-refractivity contribution in [2.24, 2.45) is 7.05 Å². The van der Waals surface area contributed by atoms with Crippen molar-refractivity contribution in [3.8, 4) is 0 Å². The Hall–Kier alpha value is -2.44. The topological polar surface area (TPSA) is 64.1 Å². The van der Waals surface area contributed by atoms with Gasteiger partial charge in [0.05, 0.1) is 6.54 Å². The van der Waals surface area contributed by atoms with E-state index in [0.717, 1.165) is 23.1 Å². The summed E-state index contributed by atoms with van der Waals surface area (Å²) in [6.45, 7) is 0.682. The first-order valence-electron chi connectivity index (χ1n) is 7.11. The number of aromatic nitrogens is 6. The third-order valence-corrected chi connectivity index (χ3v) is 3.94. The van der Waals surface area contributed by atoms with Gasteiger partial charge in [-0.1, -0.05) is 0 Å². The van der Waals surface area contributed by atoms with Crippen molar-refractivity contribution < 1.29 is 0 Å². The molecule has 1 aliphatic carbocycles. The van der Waals surface area contributed by atoms with Crippen molar-refractivity contribution in [2.75, 3.05) is 11.9 Å². The number of fused-ring (bicyclic) bond motifs is 1. The Balaban J connectivity index is 1.71. The first-order valence-corrected chi connectivity index (χ1v) is 7.11. The minimum atomic E-state index is 0.565. The van der Waals surface area contributed by atoms with Crippen molar-refractivity contribution in [1.29, 1.82) is 0 Å². The molecule has 3 aromatic heterocycles. The van der Waals surface area contributed by atoms with E-state index in [0.29, 0.717) is 12.5 Å². The molecule has 0 bridgehead atoms. The van der Waals surface area contributed by atoms with Crippen LogP contribution in [0, 0.1) is 0 Å². The number of nitrogens with zero attached hydrogens (tertiary/aromatic N) is 7. The molecule has 0 radical (unpaired) electrons. The van der Waals surface area contributed by atoms with E-state index in [9.17, 15) is 0 Å². The van der Waals surface area contributed by atoms with Crippen LogP contribution < -0.4 is 4.90 Å². The molecule has 0 atom stereocenters. The third-order valence-electron chi connectivity index (χ3n) is 3.94. The monoisotopic (exact) mass is 283 g/mol. The minimum Gasteiger partial charge on any atom is -0.349 e. The quantitative estimate of drug-likeness (QED) is 0.723. The second-order valence-corrected chi connectivity index (χ2v) is 5.59. The zero-order valence-corrected chi connectivity index (χ0v) is 12.1. The van der Waals surface area contributed by atoms with Gasteiger partial charge in [0, 0.05) is 44.8 Å². The summed E-state index contributed by atoms with van der Waals surface area (Å²) in [5.74, 6) is 3.44. The molecular weight excluding hydrogens is 266 g/mol. The van der Waals surface area contributed by atoms with Gasteiger partial charge in [0.15, 0.2) is 5.82 Å². The zero-order chi connectivity index (χ0) is 14.4. The first kappa shape index (κ1) is 12.3. The molecule has 0 unspecified atom stereocenters. The summed E-state index contributed by atoms with van der Waals surface area (Å²) in [5, 5.41) is 8.67. The van der Waals surface area contributed by atoms with E-state index in [1.807, 2.05) is 37.3 Å². The maximum Gasteiger partial charge on any atom is 0.203 e. The summed E-state index contributed by atoms with van der Waals surface area (Å²) < 4.78 is 4.07. The fraction of sp³-hybridized carbons (Fsp3) is 0.429. The molecule has 1 aliphatic rings. The van der Waals surface area contributed by atoms with Crippen LogP contribution in [-0.2, 0) is 13.6 Å². The fourth-order valence-corrected chi connectivity index (χ4v) is 2.56. The molecule has 21 heavy (non-hydrogen) atoms. The lowest BCUT2D eigenvalue weighted by atomic mass is 10.4. The fourth-order valence-electron chi connectivity index (χ4n) is 2.56. The van der Waals surface area contributed by atoms with Gasteiger partial charge in [-0.2, -0.15) is 0 Å². The third kappa shape index (κ3) is 2.05. The predicted molar refractivity (Wildman–Crippen MR) is 78.1 cm³/mol. The molecule has 3 heterocycles. The summed E-state index contributed by atoms with van der Waals surface area (Å²) in [7, 11) is 3.99. The number of rotatable bonds is 4. The second-order valence-electron chi connectivity index (χ2n) is 5.59. The Bertz CT molecular complexity index is 784. The molecule has 1 saturated carbocycles. The maximum atomic E-state index is 4.48. The van der Waals surface area contributed by atoms with Gasteiger partial charge in [-0.3, -0.25) is 4.40 Å². The second kappa shape index (κ2) is 4.54. The highest BCUT2D eigenvalue weighted by Crippen LogP contribution is 2.39. The largest absolute Gasteiger partial charge is 0.349 e. The van der Waals surface area contributed by atoms with Crippen LogP contribution in [0.15, 0.2) is 24.8 Å². The van der Waals surface area contributed by atoms with Crippen LogP contribution >= 0.6 is 0 Å². The van der Waals surface area contributed by atoms with E-state index in [-0.39, 0.29) is 0 Å². The van der Waals surface area contributed by atoms with Gasteiger partial charge in [0.1, 0.15) is 11.6 Å². The van der Waals surface area contributed by atoms with Gasteiger partial charge in [0.25, 0.3) is 0 Å². The lowest BCUT2D eigenvalue weighted by Gasteiger charge is -2.17. The summed E-state index contributed by atoms with van der Waals surface area (Å²) in [5.41, 5.74) is 0.816. The highest BCUT2D eigenvalue weighted by atomic mass is 15.3. The van der Waals surface area contributed by atoms with E-state index in [1.54, 1.807) is 6.20 Å². The zero-order valence-electron chi connectivity index (χ0n) is 12.1. The van der Waals surface area contributed by atoms with Crippen molar-refractivity contribution >= 4 is 11.5 Å². The Morgan fingerprint density at radius 3 is 2.71 bits per heavy atom. The maximum absolute atomic E-state index is 4.48. The van der Waals surface area contributed by atoms with Crippen molar-refractivity contribution in [2.45, 2.75) is 25.3 Å². The van der Waals surface area contributed by atoms with Crippen LogP contribution in [-0.4, -0.2) is 36.2 Å². The molecule has 0 N–H and O–H groups in total. The molecule has 1 fully saturated rings. The average molecular weight is 283 g/mol. The van der Waals surface area contributed by atoms with E-state index in [4.69, 9.17) is 0 Å². The molecule has 0 amide bonds. The molecule has 4 rings (SSSR count). The Kier molecular flexibility index (Phi) is 2.66. The summed E-state index contributed by atoms with van der Waals surface area (Å²) >= 11 is 0. The van der Waals surface area contributed by atoms with Crippen molar-refractivity contribution in [3.05, 3.63) is 36.4 Å². The van der Waals surface area contributed by atoms with Crippen molar-refractivity contribution in [1.82, 2.24) is 29.1 Å². The molecule has 7 heteroatoms. The van der Waals surface area contributed by atoms with Gasteiger partial charge in [0.2, 0.25) is 5.65 Å². The van der Waals surface area contributed by atoms with Gasteiger partial charge < -0.3 is 9.47 Å². The molecule has 7 nitrogen and oxygen atoms in total. The Labute approximate surface area is 122 Å². The number of hydrogen-bond donors (Lipinski definition) is 0. The van der Waals surface area contributed by atoms with Crippen LogP contribution in [0.5, 0.6) is 0 Å². The normalized spacial score (nSPS) is 14.8. The van der Waals surface area contributed by atoms with Gasteiger partial charge >= 0.3 is 0 Å². The van der Waals surface area contributed by atoms with Crippen LogP contribution in [0.2, 0.25) is 0 Å². The van der Waals surface area contributed by atoms with E-state index in [2.05, 4.69) is 29.5 Å². The summed E-state index contributed by atoms with van der Waals surface area (Å²) in [4.78, 5) is 10.9. The number of imidazole rings is 1. The lowest BCUT2D eigenvalue weighted by Crippen LogP contribution is -2.21. The minimum absolute atomic E-state index is 0.565. The molecule has 0 saturated heterocycles. The number of aryl methyl sites for hydroxylation is 1. The smallest absolute Gasteiger partial charge is 0.203 e. The molecule has 0 spiro atoms. The van der Waals surface area contributed by atoms with E-state index in [1.165, 1.54) is 12.8 Å². The number of anilines is 1. The van der Waals surface area contributed by atoms with Crippen LogP contribution in [0.1, 0.15) is 30.4 Å². The average Bonchev–Trinajstić information content (AvgIpc) is 3.12. The first-order chi connectivity index (χ1) is 10.2. The van der Waals surface area contributed by atoms with Crippen molar-refractivity contribution in [3.63, 3.8) is 0 Å². The van der Waals surface area contributed by atoms with Crippen LogP contribution in [0.3, 0.4) is 0 Å². The Morgan fingerprint density at radius 2 is 2.00 bits per heavy atom. The summed E-state index contributed by atoms with van der Waals surface area (Å²) in [6.07, 6.45) is 9.93. The lowest BCUT2D eigenvalue weighted by molar-refractivity contribution is 0.754. The highest BCUT2D eigenvalue weighted by molar-refractivity contribution is 5.63.